The molecule has 0 aromatic rings. The van der Waals surface area contributed by atoms with E-state index in [0.29, 0.717) is 6.42 Å². The van der Waals surface area contributed by atoms with E-state index in [1.807, 2.05) is 0 Å². The topological polar surface area (TPSA) is 810 Å². The smallest absolute Gasteiger partial charge is 0.306 e. The van der Waals surface area contributed by atoms with Crippen LogP contribution < -0.4 is 88.8 Å². The summed E-state index contributed by atoms with van der Waals surface area (Å²) in [5.74, 6) is -32.5. The molecule has 0 heterocycles. The zero-order valence-corrected chi connectivity index (χ0v) is 67.1. The lowest BCUT2D eigenvalue weighted by atomic mass is 9.92. The molecule has 0 aromatic heterocycles. The number of hydrogen-bond donors (Lipinski definition) is 21. The van der Waals surface area contributed by atoms with Crippen molar-refractivity contribution in [2.75, 3.05) is 26.2 Å². The highest BCUT2D eigenvalue weighted by molar-refractivity contribution is 6.02. The Balaban J connectivity index is 6.53. The number of nitrogens with one attached hydrogen (secondary N) is 7. The number of rotatable bonds is 63. The second-order valence-electron chi connectivity index (χ2n) is 29.1. The van der Waals surface area contributed by atoms with Crippen LogP contribution in [0.2, 0.25) is 0 Å². The van der Waals surface area contributed by atoms with Crippen molar-refractivity contribution >= 4 is 141 Å². The number of aliphatic carboxylic acids is 5. The quantitative estimate of drug-likeness (QED) is 0.0154. The fourth-order valence-electron chi connectivity index (χ4n) is 11.3. The molecule has 0 bridgehead atoms. The molecule has 117 heavy (non-hydrogen) atoms. The summed E-state index contributed by atoms with van der Waals surface area (Å²) in [7, 11) is 0. The number of amides is 7. The van der Waals surface area contributed by atoms with Crippen molar-refractivity contribution in [1.82, 2.24) is 37.2 Å². The van der Waals surface area contributed by atoms with Gasteiger partial charge in [-0.2, -0.15) is 0 Å². The Morgan fingerprint density at radius 1 is 0.239 bits per heavy atom. The lowest BCUT2D eigenvalue weighted by Gasteiger charge is -2.24. The minimum absolute atomic E-state index is 0.0120. The van der Waals surface area contributed by atoms with Gasteiger partial charge in [-0.05, 0) is 51.4 Å². The molecule has 0 rings (SSSR count). The number of Topliss-reactive ketones (excluding diaryl/α,β-unsaturated/α-hetero) is 8. The first kappa shape index (κ1) is 105. The maximum absolute atomic E-state index is 14.1. The number of nitrogens with two attached hydrogens (primary N) is 9. The van der Waals surface area contributed by atoms with E-state index in [0.717, 1.165) is 0 Å². The number of ketones is 8. The number of carbonyl (C=O) groups excluding carboxylic acids is 15. The monoisotopic (exact) mass is 1660 g/mol. The summed E-state index contributed by atoms with van der Waals surface area (Å²) in [5, 5.41) is 64.6. The zero-order valence-electron chi connectivity index (χ0n) is 67.1. The Labute approximate surface area is 674 Å². The number of aliphatic imine (C=N–C) groups is 4. The van der Waals surface area contributed by atoms with Gasteiger partial charge in [0.05, 0.1) is 79.9 Å². The van der Waals surface area contributed by atoms with Gasteiger partial charge in [0.2, 0.25) is 41.4 Å². The Morgan fingerprint density at radius 3 is 0.581 bits per heavy atom. The molecule has 0 spiro atoms. The van der Waals surface area contributed by atoms with Crippen molar-refractivity contribution in [2.24, 2.45) is 119 Å². The molecule has 0 radical (unpaired) electrons. The highest BCUT2D eigenvalue weighted by Gasteiger charge is 2.38. The van der Waals surface area contributed by atoms with Crippen LogP contribution in [0.5, 0.6) is 0 Å². The highest BCUT2D eigenvalue weighted by atomic mass is 16.4. The number of nitrogens with zero attached hydrogens (tertiary/aromatic N) is 4. The molecule has 0 fully saturated rings. The first-order valence-electron chi connectivity index (χ1n) is 37.8. The summed E-state index contributed by atoms with van der Waals surface area (Å²) >= 11 is 0. The predicted octanol–water partition coefficient (Wildman–Crippen LogP) is -5.33. The third-order valence-electron chi connectivity index (χ3n) is 18.3. The van der Waals surface area contributed by atoms with E-state index >= 15 is 0 Å². The minimum atomic E-state index is -1.84. The molecule has 0 saturated heterocycles. The van der Waals surface area contributed by atoms with Crippen LogP contribution >= 0.6 is 0 Å². The van der Waals surface area contributed by atoms with Gasteiger partial charge in [0.25, 0.3) is 0 Å². The molecule has 16 atom stereocenters. The summed E-state index contributed by atoms with van der Waals surface area (Å²) in [4.78, 5) is 279. The second kappa shape index (κ2) is 54.0. The van der Waals surface area contributed by atoms with Crippen molar-refractivity contribution in [3.8, 4) is 0 Å². The molecule has 0 unspecified atom stereocenters. The van der Waals surface area contributed by atoms with Gasteiger partial charge >= 0.3 is 29.8 Å². The van der Waals surface area contributed by atoms with E-state index in [9.17, 15) is 121 Å². The standard InChI is InChI=1S/C72H118N20O25/c1-33(21-49(93)41(73)13-9-17-82-69(74)75)64(112)89-45(29-57(101)102)53(97)25-37(5)61(109)86-42(14-10-18-83-70(76)77)50(94)22-34(2)65(113)90-46(30-58(103)104)54(98)26-38(6)62(110)87-43(15-11-19-84-71(78)79)51(95)23-35(3)66(114)91-47(31-59(105)106)55(99)27-39(7)63(111)88-44(16-12-20-85-72(80)81)52(96)24-36(4)67(115)92-48(32-60(107)108)56(100)28-40(8)68(116)117/h33-48H,9-32,73H2,1-8H3,(H,86,109)(H,87,110)(H,88,111)(H,89,112)(H,90,113)(H,91,114)(H,92,115)(H,101,102)(H,103,104)(H,105,106)(H,107,108)(H,116,117)(H4,74,75,82)(H4,76,77,83)(H4,78,79,84)(H4,80,81,85)/t33-,34-,35-,36-,37-,38-,39-,40-,41+,42+,43+,44+,45+,46+,47+,48+/m1/s1. The largest absolute Gasteiger partial charge is 0.481 e. The van der Waals surface area contributed by atoms with Crippen molar-refractivity contribution in [3.05, 3.63) is 0 Å². The Hall–Kier alpha value is -12.0. The lowest BCUT2D eigenvalue weighted by molar-refractivity contribution is -0.144. The van der Waals surface area contributed by atoms with Gasteiger partial charge in [0.15, 0.2) is 64.3 Å². The molecule has 656 valence electrons. The maximum Gasteiger partial charge on any atom is 0.306 e. The molecule has 30 N–H and O–H groups in total. The summed E-state index contributed by atoms with van der Waals surface area (Å²) in [5.41, 5.74) is 49.3. The van der Waals surface area contributed by atoms with Gasteiger partial charge in [-0.15, -0.1) is 0 Å². The average molecular weight is 1660 g/mol. The molecule has 0 saturated carbocycles. The Kier molecular flexibility index (Phi) is 48.5. The molecule has 45 nitrogen and oxygen atoms in total. The number of carboxylic acid groups (broad SMARTS) is 5. The average Bonchev–Trinajstić information content (AvgIpc) is 0.869. The predicted molar refractivity (Wildman–Crippen MR) is 418 cm³/mol. The van der Waals surface area contributed by atoms with E-state index in [1.54, 1.807) is 0 Å². The van der Waals surface area contributed by atoms with Crippen molar-refractivity contribution < 1.29 is 121 Å². The van der Waals surface area contributed by atoms with E-state index in [1.165, 1.54) is 55.4 Å². The van der Waals surface area contributed by atoms with Gasteiger partial charge in [-0.3, -0.25) is 116 Å². The van der Waals surface area contributed by atoms with Crippen LogP contribution in [0.1, 0.15) is 184 Å². The normalized spacial score (nSPS) is 15.1. The highest BCUT2D eigenvalue weighted by Crippen LogP contribution is 2.20. The van der Waals surface area contributed by atoms with E-state index in [4.69, 9.17) is 51.6 Å². The first-order valence-corrected chi connectivity index (χ1v) is 37.8. The van der Waals surface area contributed by atoms with Crippen LogP contribution in [0, 0.1) is 47.3 Å². The van der Waals surface area contributed by atoms with Crippen LogP contribution in [0.15, 0.2) is 20.0 Å². The molecular weight excluding hydrogens is 1540 g/mol. The maximum atomic E-state index is 14.1. The van der Waals surface area contributed by atoms with Gasteiger partial charge < -0.3 is 114 Å². The Bertz CT molecular complexity index is 3660. The minimum Gasteiger partial charge on any atom is -0.481 e. The zero-order chi connectivity index (χ0) is 89.8. The molecule has 45 heteroatoms. The second-order valence-corrected chi connectivity index (χ2v) is 29.1. The van der Waals surface area contributed by atoms with E-state index in [-0.39, 0.29) is 101 Å². The summed E-state index contributed by atoms with van der Waals surface area (Å²) < 4.78 is 0. The summed E-state index contributed by atoms with van der Waals surface area (Å²) in [6.45, 7) is 9.98. The van der Waals surface area contributed by atoms with Crippen LogP contribution in [-0.4, -0.2) is 241 Å². The number of hydrogen-bond acceptors (Lipinski definition) is 25. The molecule has 0 aliphatic rings. The number of carbonyl (C=O) groups is 20. The van der Waals surface area contributed by atoms with Crippen LogP contribution in [-0.2, 0) is 95.9 Å². The SMILES string of the molecule is C[C@H](CC(=O)[C@H](CC(=O)O)NC(=O)[C@H](C)CC(=O)[C@H](CCCN=C(N)N)NC(=O)[C@H](C)CC(=O)[C@H](CC(=O)O)NC(=O)[C@H](C)CC(=O)[C@H](CCCN=C(N)N)NC(=O)[C@H](C)CC(=O)[C@H](CC(=O)O)NC(=O)[C@H](C)CC(=O)[C@H](CCCN=C(N)N)NC(=O)[C@H](C)CC(=O)[C@H](CC(=O)O)NC(=O)[C@H](C)CC(=O)[C@@H](N)CCCN=C(N)N)C(=O)O. The van der Waals surface area contributed by atoms with Gasteiger partial charge in [0.1, 0.15) is 5.78 Å². The first-order chi connectivity index (χ1) is 54.4. The van der Waals surface area contributed by atoms with Gasteiger partial charge in [-0.25, -0.2) is 0 Å². The fourth-order valence-corrected chi connectivity index (χ4v) is 11.3. The van der Waals surface area contributed by atoms with Gasteiger partial charge in [0, 0.05) is 119 Å². The molecule has 7 amide bonds. The number of carboxylic acids is 5. The third kappa shape index (κ3) is 44.5. The van der Waals surface area contributed by atoms with Crippen molar-refractivity contribution in [2.45, 2.75) is 232 Å². The van der Waals surface area contributed by atoms with E-state index in [2.05, 4.69) is 57.2 Å². The van der Waals surface area contributed by atoms with Crippen LogP contribution in [0.3, 0.4) is 0 Å². The number of guanidine groups is 4. The summed E-state index contributed by atoms with van der Waals surface area (Å²) in [6.07, 6.45) is -9.00. The van der Waals surface area contributed by atoms with Crippen LogP contribution in [0.25, 0.3) is 0 Å². The van der Waals surface area contributed by atoms with Gasteiger partial charge in [-0.1, -0.05) is 55.4 Å². The van der Waals surface area contributed by atoms with Crippen LogP contribution in [0.4, 0.5) is 0 Å². The molecular formula is C72H118N20O25. The van der Waals surface area contributed by atoms with Crippen molar-refractivity contribution in [1.29, 1.82) is 0 Å². The molecule has 0 aliphatic heterocycles. The summed E-state index contributed by atoms with van der Waals surface area (Å²) in [6, 6.07) is -12.3. The van der Waals surface area contributed by atoms with E-state index < -0.39 is 284 Å². The molecule has 0 aliphatic carbocycles. The third-order valence-corrected chi connectivity index (χ3v) is 18.3. The lowest BCUT2D eigenvalue weighted by Crippen LogP contribution is -2.49. The Morgan fingerprint density at radius 2 is 0.402 bits per heavy atom. The van der Waals surface area contributed by atoms with Crippen molar-refractivity contribution in [3.63, 3.8) is 0 Å². The molecule has 0 aromatic carbocycles. The fraction of sp³-hybridized carbons (Fsp3) is 0.667.